The van der Waals surface area contributed by atoms with Crippen LogP contribution in [-0.4, -0.2) is 67.4 Å². The Bertz CT molecular complexity index is 506. The normalized spacial score (nSPS) is 21.2. The molecule has 128 valence electrons. The Morgan fingerprint density at radius 1 is 1.17 bits per heavy atom. The van der Waals surface area contributed by atoms with Crippen LogP contribution in [0.25, 0.3) is 0 Å². The molecule has 0 N–H and O–H groups in total. The number of aryl methyl sites for hydroxylation is 1. The molecule has 1 aromatic carbocycles. The highest BCUT2D eigenvalue weighted by atomic mass is 16.5. The third-order valence-electron chi connectivity index (χ3n) is 5.05. The molecule has 0 saturated carbocycles. The molecule has 2 fully saturated rings. The zero-order valence-electron chi connectivity index (χ0n) is 14.8. The lowest BCUT2D eigenvalue weighted by Crippen LogP contribution is -2.62. The van der Waals surface area contributed by atoms with E-state index in [0.717, 1.165) is 58.1 Å². The number of ether oxygens (including phenoxy) is 2. The molecule has 4 nitrogen and oxygen atoms in total. The second-order valence-electron chi connectivity index (χ2n) is 7.31. The number of morpholine rings is 1. The molecular weight excluding hydrogens is 288 g/mol. The summed E-state index contributed by atoms with van der Waals surface area (Å²) < 4.78 is 11.7. The Balaban J connectivity index is 1.47. The molecule has 0 bridgehead atoms. The fourth-order valence-electron chi connectivity index (χ4n) is 3.63. The molecule has 0 atom stereocenters. The molecule has 2 aliphatic rings. The van der Waals surface area contributed by atoms with Crippen molar-refractivity contribution in [1.82, 2.24) is 9.80 Å². The monoisotopic (exact) mass is 318 g/mol. The zero-order chi connectivity index (χ0) is 16.3. The van der Waals surface area contributed by atoms with Crippen LogP contribution in [0.15, 0.2) is 24.3 Å². The van der Waals surface area contributed by atoms with Gasteiger partial charge < -0.3 is 9.47 Å². The van der Waals surface area contributed by atoms with Crippen LogP contribution in [0.2, 0.25) is 0 Å². The maximum atomic E-state index is 6.19. The summed E-state index contributed by atoms with van der Waals surface area (Å²) in [5.41, 5.74) is 1.51. The van der Waals surface area contributed by atoms with Gasteiger partial charge in [-0.1, -0.05) is 25.1 Å². The molecule has 1 aromatic rings. The van der Waals surface area contributed by atoms with Crippen molar-refractivity contribution in [2.45, 2.75) is 38.8 Å². The molecular formula is C19H30N2O2. The second-order valence-corrected chi connectivity index (χ2v) is 7.31. The van der Waals surface area contributed by atoms with Crippen LogP contribution in [0, 0.1) is 0 Å². The number of rotatable bonds is 6. The van der Waals surface area contributed by atoms with E-state index < -0.39 is 0 Å². The van der Waals surface area contributed by atoms with Gasteiger partial charge in [0.2, 0.25) is 0 Å². The van der Waals surface area contributed by atoms with E-state index in [0.29, 0.717) is 6.10 Å². The molecule has 2 saturated heterocycles. The minimum atomic E-state index is 0.204. The van der Waals surface area contributed by atoms with Crippen molar-refractivity contribution in [3.63, 3.8) is 0 Å². The van der Waals surface area contributed by atoms with E-state index in [2.05, 4.69) is 54.8 Å². The Hall–Kier alpha value is -1.10. The number of likely N-dealkylation sites (tertiary alicyclic amines) is 1. The van der Waals surface area contributed by atoms with Crippen LogP contribution in [0.4, 0.5) is 0 Å². The van der Waals surface area contributed by atoms with Gasteiger partial charge in [0, 0.05) is 38.3 Å². The summed E-state index contributed by atoms with van der Waals surface area (Å²) in [6.07, 6.45) is 1.36. The lowest BCUT2D eigenvalue weighted by Gasteiger charge is -2.48. The van der Waals surface area contributed by atoms with Crippen LogP contribution >= 0.6 is 0 Å². The fraction of sp³-hybridized carbons (Fsp3) is 0.684. The van der Waals surface area contributed by atoms with Gasteiger partial charge in [-0.05, 0) is 31.9 Å². The van der Waals surface area contributed by atoms with Crippen LogP contribution in [0.1, 0.15) is 26.3 Å². The molecule has 0 unspecified atom stereocenters. The molecule has 2 heterocycles. The lowest BCUT2D eigenvalue weighted by molar-refractivity contribution is -0.0497. The van der Waals surface area contributed by atoms with Gasteiger partial charge in [-0.25, -0.2) is 0 Å². The Morgan fingerprint density at radius 3 is 2.57 bits per heavy atom. The van der Waals surface area contributed by atoms with Gasteiger partial charge >= 0.3 is 0 Å². The van der Waals surface area contributed by atoms with E-state index in [1.807, 2.05) is 0 Å². The van der Waals surface area contributed by atoms with Crippen molar-refractivity contribution in [3.8, 4) is 5.75 Å². The molecule has 3 rings (SSSR count). The first kappa shape index (κ1) is 16.7. The maximum absolute atomic E-state index is 6.19. The summed E-state index contributed by atoms with van der Waals surface area (Å²) in [5, 5.41) is 0. The Labute approximate surface area is 140 Å². The van der Waals surface area contributed by atoms with Gasteiger partial charge in [-0.15, -0.1) is 0 Å². The molecule has 4 heteroatoms. The highest BCUT2D eigenvalue weighted by molar-refractivity contribution is 5.33. The molecule has 0 radical (unpaired) electrons. The SMILES string of the molecule is CCc1ccccc1OC1CN(CC(C)(C)N2CCOCC2)C1. The van der Waals surface area contributed by atoms with Crippen molar-refractivity contribution in [2.75, 3.05) is 45.9 Å². The maximum Gasteiger partial charge on any atom is 0.124 e. The highest BCUT2D eigenvalue weighted by Crippen LogP contribution is 2.25. The first-order valence-corrected chi connectivity index (χ1v) is 8.88. The summed E-state index contributed by atoms with van der Waals surface area (Å²) in [4.78, 5) is 5.06. The van der Waals surface area contributed by atoms with Gasteiger partial charge in [0.25, 0.3) is 0 Å². The predicted molar refractivity (Wildman–Crippen MR) is 93.1 cm³/mol. The van der Waals surface area contributed by atoms with E-state index >= 15 is 0 Å². The Kier molecular flexibility index (Phi) is 5.24. The number of para-hydroxylation sites is 1. The zero-order valence-corrected chi connectivity index (χ0v) is 14.8. The molecule has 0 aromatic heterocycles. The summed E-state index contributed by atoms with van der Waals surface area (Å²) >= 11 is 0. The van der Waals surface area contributed by atoms with Crippen molar-refractivity contribution in [3.05, 3.63) is 29.8 Å². The van der Waals surface area contributed by atoms with Gasteiger partial charge in [-0.2, -0.15) is 0 Å². The van der Waals surface area contributed by atoms with Crippen molar-refractivity contribution < 1.29 is 9.47 Å². The van der Waals surface area contributed by atoms with Gasteiger partial charge in [0.15, 0.2) is 0 Å². The molecule has 0 amide bonds. The molecule has 2 aliphatic heterocycles. The van der Waals surface area contributed by atoms with Crippen LogP contribution in [0.3, 0.4) is 0 Å². The summed E-state index contributed by atoms with van der Waals surface area (Å²) in [5.74, 6) is 1.06. The quantitative estimate of drug-likeness (QED) is 0.804. The van der Waals surface area contributed by atoms with E-state index in [9.17, 15) is 0 Å². The smallest absolute Gasteiger partial charge is 0.124 e. The van der Waals surface area contributed by atoms with E-state index in [4.69, 9.17) is 9.47 Å². The van der Waals surface area contributed by atoms with E-state index in [-0.39, 0.29) is 5.54 Å². The average molecular weight is 318 g/mol. The summed E-state index contributed by atoms with van der Waals surface area (Å²) in [6.45, 7) is 13.9. The minimum absolute atomic E-state index is 0.204. The highest BCUT2D eigenvalue weighted by Gasteiger charge is 2.36. The molecule has 23 heavy (non-hydrogen) atoms. The predicted octanol–water partition coefficient (Wildman–Crippen LogP) is 2.42. The van der Waals surface area contributed by atoms with Crippen molar-refractivity contribution in [2.24, 2.45) is 0 Å². The third-order valence-corrected chi connectivity index (χ3v) is 5.05. The van der Waals surface area contributed by atoms with Gasteiger partial charge in [0.1, 0.15) is 11.9 Å². The Morgan fingerprint density at radius 2 is 1.87 bits per heavy atom. The number of hydrogen-bond acceptors (Lipinski definition) is 4. The van der Waals surface area contributed by atoms with Crippen LogP contribution in [-0.2, 0) is 11.2 Å². The number of nitrogens with zero attached hydrogens (tertiary/aromatic N) is 2. The summed E-state index contributed by atoms with van der Waals surface area (Å²) in [6, 6.07) is 8.41. The largest absolute Gasteiger partial charge is 0.487 e. The van der Waals surface area contributed by atoms with E-state index in [1.54, 1.807) is 0 Å². The summed E-state index contributed by atoms with van der Waals surface area (Å²) in [7, 11) is 0. The number of benzene rings is 1. The first-order valence-electron chi connectivity index (χ1n) is 8.88. The minimum Gasteiger partial charge on any atom is -0.487 e. The lowest BCUT2D eigenvalue weighted by atomic mass is 9.98. The van der Waals surface area contributed by atoms with Gasteiger partial charge in [0.05, 0.1) is 13.2 Å². The topological polar surface area (TPSA) is 24.9 Å². The second kappa shape index (κ2) is 7.20. The molecule has 0 spiro atoms. The fourth-order valence-corrected chi connectivity index (χ4v) is 3.63. The number of hydrogen-bond donors (Lipinski definition) is 0. The van der Waals surface area contributed by atoms with Crippen molar-refractivity contribution >= 4 is 0 Å². The third kappa shape index (κ3) is 4.06. The van der Waals surface area contributed by atoms with Crippen LogP contribution < -0.4 is 4.74 Å². The molecule has 0 aliphatic carbocycles. The standard InChI is InChI=1S/C19H30N2O2/c1-4-16-7-5-6-8-18(16)23-17-13-20(14-17)15-19(2,3)21-9-11-22-12-10-21/h5-8,17H,4,9-15H2,1-3H3. The van der Waals surface area contributed by atoms with Gasteiger partial charge in [-0.3, -0.25) is 9.80 Å². The van der Waals surface area contributed by atoms with Crippen molar-refractivity contribution in [1.29, 1.82) is 0 Å². The average Bonchev–Trinajstić information content (AvgIpc) is 2.54. The van der Waals surface area contributed by atoms with Crippen LogP contribution in [0.5, 0.6) is 5.75 Å². The van der Waals surface area contributed by atoms with E-state index in [1.165, 1.54) is 5.56 Å². The first-order chi connectivity index (χ1) is 11.1.